The van der Waals surface area contributed by atoms with Crippen LogP contribution in [-0.4, -0.2) is 59.6 Å². The van der Waals surface area contributed by atoms with E-state index in [0.29, 0.717) is 6.42 Å². The molecule has 3 aliphatic rings. The number of benzene rings is 2. The molecule has 9 heteroatoms. The van der Waals surface area contributed by atoms with E-state index in [-0.39, 0.29) is 25.0 Å². The van der Waals surface area contributed by atoms with Gasteiger partial charge in [0.25, 0.3) is 5.92 Å². The van der Waals surface area contributed by atoms with Crippen LogP contribution >= 0.6 is 0 Å². The minimum absolute atomic E-state index is 0.0711. The lowest BCUT2D eigenvalue weighted by atomic mass is 9.98. The minimum atomic E-state index is -3.21. The average molecular weight is 470 g/mol. The van der Waals surface area contributed by atoms with Gasteiger partial charge in [-0.3, -0.25) is 4.79 Å². The summed E-state index contributed by atoms with van der Waals surface area (Å²) in [6.45, 7) is -0.559. The molecule has 1 aliphatic heterocycles. The minimum Gasteiger partial charge on any atom is -0.480 e. The normalized spacial score (nSPS) is 24.3. The Labute approximate surface area is 194 Å². The van der Waals surface area contributed by atoms with Crippen LogP contribution in [0, 0.1) is 11.8 Å². The second-order valence-corrected chi connectivity index (χ2v) is 9.19. The summed E-state index contributed by atoms with van der Waals surface area (Å²) in [7, 11) is 0. The molecular weight excluding hydrogens is 446 g/mol. The van der Waals surface area contributed by atoms with E-state index in [1.54, 1.807) is 0 Å². The van der Waals surface area contributed by atoms with Crippen LogP contribution in [0.5, 0.6) is 0 Å². The first kappa shape index (κ1) is 22.3. The molecule has 178 valence electrons. The number of hydrogen-bond donors (Lipinski definition) is 2. The average Bonchev–Trinajstić information content (AvgIpc) is 3.42. The monoisotopic (exact) mass is 470 g/mol. The van der Waals surface area contributed by atoms with E-state index in [0.717, 1.165) is 27.2 Å². The molecule has 0 radical (unpaired) electrons. The van der Waals surface area contributed by atoms with Gasteiger partial charge in [-0.05, 0) is 34.6 Å². The Morgan fingerprint density at radius 3 is 2.29 bits per heavy atom. The van der Waals surface area contributed by atoms with Gasteiger partial charge in [0.1, 0.15) is 12.6 Å². The van der Waals surface area contributed by atoms with Crippen molar-refractivity contribution < 1.29 is 33.0 Å². The number of likely N-dealkylation sites (tertiary alicyclic amines) is 1. The van der Waals surface area contributed by atoms with E-state index in [2.05, 4.69) is 5.32 Å². The number of nitrogens with zero attached hydrogens (tertiary/aromatic N) is 1. The van der Waals surface area contributed by atoms with Gasteiger partial charge in [-0.25, -0.2) is 18.4 Å². The number of carbonyl (C=O) groups excluding carboxylic acids is 2. The molecule has 2 fully saturated rings. The van der Waals surface area contributed by atoms with E-state index in [1.165, 1.54) is 0 Å². The Morgan fingerprint density at radius 2 is 1.68 bits per heavy atom. The quantitative estimate of drug-likeness (QED) is 0.674. The van der Waals surface area contributed by atoms with Gasteiger partial charge in [0.2, 0.25) is 5.91 Å². The first-order valence-electron chi connectivity index (χ1n) is 11.2. The van der Waals surface area contributed by atoms with E-state index in [4.69, 9.17) is 4.74 Å². The number of alkyl carbamates (subject to hydrolysis) is 1. The van der Waals surface area contributed by atoms with Gasteiger partial charge in [-0.1, -0.05) is 48.5 Å². The standard InChI is InChI=1S/C25H24F2N2O5/c26-25(27)10-21(23(31)32)29(13-25)22(30)19-9-14(19)11-28-24(33)34-12-20-17-7-3-1-5-15(17)16-6-2-4-8-18(16)20/h1-8,14,19-21H,9-13H2,(H,28,33)(H,31,32)/t14?,19?,21-/m0/s1. The molecule has 0 bridgehead atoms. The summed E-state index contributed by atoms with van der Waals surface area (Å²) < 4.78 is 32.8. The number of hydrogen-bond acceptors (Lipinski definition) is 4. The zero-order chi connectivity index (χ0) is 24.0. The van der Waals surface area contributed by atoms with Gasteiger partial charge in [0, 0.05) is 24.8 Å². The molecule has 2 N–H and O–H groups in total. The molecule has 2 unspecified atom stereocenters. The lowest BCUT2D eigenvalue weighted by Gasteiger charge is -2.21. The third-order valence-electron chi connectivity index (χ3n) is 6.93. The van der Waals surface area contributed by atoms with E-state index in [1.807, 2.05) is 48.5 Å². The summed E-state index contributed by atoms with van der Waals surface area (Å²) in [4.78, 5) is 36.9. The summed E-state index contributed by atoms with van der Waals surface area (Å²) >= 11 is 0. The zero-order valence-electron chi connectivity index (χ0n) is 18.2. The Bertz CT molecular complexity index is 1110. The number of amides is 2. The predicted octanol–water partition coefficient (Wildman–Crippen LogP) is 3.48. The lowest BCUT2D eigenvalue weighted by molar-refractivity contribution is -0.148. The fourth-order valence-electron chi connectivity index (χ4n) is 5.12. The summed E-state index contributed by atoms with van der Waals surface area (Å²) in [5.74, 6) is -6.09. The van der Waals surface area contributed by atoms with Gasteiger partial charge in [-0.15, -0.1) is 0 Å². The number of halogens is 2. The van der Waals surface area contributed by atoms with E-state index in [9.17, 15) is 28.3 Å². The highest BCUT2D eigenvalue weighted by atomic mass is 19.3. The molecule has 0 aromatic heterocycles. The molecule has 34 heavy (non-hydrogen) atoms. The van der Waals surface area contributed by atoms with Crippen LogP contribution in [0.3, 0.4) is 0 Å². The van der Waals surface area contributed by atoms with Gasteiger partial charge in [-0.2, -0.15) is 0 Å². The number of carbonyl (C=O) groups is 3. The van der Waals surface area contributed by atoms with Crippen LogP contribution < -0.4 is 5.32 Å². The SMILES string of the molecule is O=C(NCC1CC1C(=O)N1CC(F)(F)C[C@H]1C(=O)O)OCC1c2ccccc2-c2ccccc21. The van der Waals surface area contributed by atoms with Crippen molar-refractivity contribution in [1.29, 1.82) is 0 Å². The fourth-order valence-corrected chi connectivity index (χ4v) is 5.12. The second kappa shape index (κ2) is 8.38. The third-order valence-corrected chi connectivity index (χ3v) is 6.93. The molecule has 2 amide bonds. The summed E-state index contributed by atoms with van der Waals surface area (Å²) in [5.41, 5.74) is 4.44. The van der Waals surface area contributed by atoms with E-state index >= 15 is 0 Å². The third kappa shape index (κ3) is 4.10. The molecule has 2 aromatic carbocycles. The molecule has 1 heterocycles. The Hall–Kier alpha value is -3.49. The fraction of sp³-hybridized carbons (Fsp3) is 0.400. The van der Waals surface area contributed by atoms with E-state index < -0.39 is 48.8 Å². The van der Waals surface area contributed by atoms with Crippen molar-refractivity contribution in [3.63, 3.8) is 0 Å². The van der Waals surface area contributed by atoms with Crippen molar-refractivity contribution in [2.75, 3.05) is 19.7 Å². The van der Waals surface area contributed by atoms with Crippen LogP contribution in [-0.2, 0) is 14.3 Å². The Morgan fingerprint density at radius 1 is 1.06 bits per heavy atom. The summed E-state index contributed by atoms with van der Waals surface area (Å²) in [5, 5.41) is 11.8. The van der Waals surface area contributed by atoms with Crippen LogP contribution in [0.2, 0.25) is 0 Å². The topological polar surface area (TPSA) is 95.9 Å². The van der Waals surface area contributed by atoms with Gasteiger partial charge < -0.3 is 20.1 Å². The largest absolute Gasteiger partial charge is 0.480 e. The van der Waals surface area contributed by atoms with Gasteiger partial charge >= 0.3 is 12.1 Å². The highest BCUT2D eigenvalue weighted by Gasteiger charge is 2.54. The molecule has 1 saturated heterocycles. The highest BCUT2D eigenvalue weighted by Crippen LogP contribution is 2.45. The van der Waals surface area contributed by atoms with Crippen molar-refractivity contribution in [3.8, 4) is 11.1 Å². The number of fused-ring (bicyclic) bond motifs is 3. The Balaban J connectivity index is 1.13. The van der Waals surface area contributed by atoms with Crippen molar-refractivity contribution in [3.05, 3.63) is 59.7 Å². The first-order valence-corrected chi connectivity index (χ1v) is 11.2. The molecule has 1 saturated carbocycles. The van der Waals surface area contributed by atoms with Crippen LogP contribution in [0.15, 0.2) is 48.5 Å². The number of carboxylic acids is 1. The predicted molar refractivity (Wildman–Crippen MR) is 117 cm³/mol. The second-order valence-electron chi connectivity index (χ2n) is 9.19. The molecule has 3 atom stereocenters. The van der Waals surface area contributed by atoms with Gasteiger partial charge in [0.05, 0.1) is 6.54 Å². The van der Waals surface area contributed by atoms with Crippen molar-refractivity contribution in [1.82, 2.24) is 10.2 Å². The number of carboxylic acid groups (broad SMARTS) is 1. The molecule has 7 nitrogen and oxygen atoms in total. The van der Waals surface area contributed by atoms with Crippen molar-refractivity contribution in [2.45, 2.75) is 30.7 Å². The number of nitrogens with one attached hydrogen (secondary N) is 1. The maximum Gasteiger partial charge on any atom is 0.407 e. The maximum atomic E-state index is 13.7. The maximum absolute atomic E-state index is 13.7. The molecule has 0 spiro atoms. The Kier molecular flexibility index (Phi) is 5.50. The van der Waals surface area contributed by atoms with Crippen LogP contribution in [0.1, 0.15) is 29.9 Å². The molecule has 2 aliphatic carbocycles. The first-order chi connectivity index (χ1) is 16.2. The van der Waals surface area contributed by atoms with Crippen LogP contribution in [0.25, 0.3) is 11.1 Å². The number of alkyl halides is 2. The summed E-state index contributed by atoms with van der Waals surface area (Å²) in [6.07, 6.45) is -1.07. The number of rotatable bonds is 6. The smallest absolute Gasteiger partial charge is 0.407 e. The summed E-state index contributed by atoms with van der Waals surface area (Å²) in [6, 6.07) is 14.5. The molecule has 2 aromatic rings. The number of ether oxygens (including phenoxy) is 1. The lowest BCUT2D eigenvalue weighted by Crippen LogP contribution is -2.42. The van der Waals surface area contributed by atoms with Crippen molar-refractivity contribution >= 4 is 18.0 Å². The van der Waals surface area contributed by atoms with Crippen molar-refractivity contribution in [2.24, 2.45) is 11.8 Å². The van der Waals surface area contributed by atoms with Crippen LogP contribution in [0.4, 0.5) is 13.6 Å². The highest BCUT2D eigenvalue weighted by molar-refractivity contribution is 5.88. The zero-order valence-corrected chi connectivity index (χ0v) is 18.2. The number of aliphatic carboxylic acids is 1. The molecule has 5 rings (SSSR count). The molecular formula is C25H24F2N2O5. The van der Waals surface area contributed by atoms with Gasteiger partial charge in [0.15, 0.2) is 0 Å².